The van der Waals surface area contributed by atoms with E-state index in [2.05, 4.69) is 16.9 Å². The van der Waals surface area contributed by atoms with E-state index in [9.17, 15) is 22.4 Å². The molecule has 7 nitrogen and oxygen atoms in total. The summed E-state index contributed by atoms with van der Waals surface area (Å²) in [5, 5.41) is 4.14. The highest BCUT2D eigenvalue weighted by molar-refractivity contribution is 7.93. The fourth-order valence-corrected chi connectivity index (χ4v) is 5.37. The van der Waals surface area contributed by atoms with Gasteiger partial charge in [0.25, 0.3) is 15.9 Å². The Morgan fingerprint density at radius 2 is 1.94 bits per heavy atom. The number of thiazole rings is 1. The highest BCUT2D eigenvalue weighted by Crippen LogP contribution is 2.30. The Balaban J connectivity index is 1.96. The first-order chi connectivity index (χ1) is 15.1. The predicted octanol–water partition coefficient (Wildman–Crippen LogP) is 4.77. The molecule has 0 spiro atoms. The summed E-state index contributed by atoms with van der Waals surface area (Å²) >= 11 is 7.24. The third-order valence-electron chi connectivity index (χ3n) is 4.26. The molecular formula is C21H17ClFN3O4S2. The molecule has 0 aliphatic heterocycles. The third kappa shape index (κ3) is 5.04. The third-order valence-corrected chi connectivity index (χ3v) is 7.29. The maximum absolute atomic E-state index is 13.4. The van der Waals surface area contributed by atoms with Gasteiger partial charge in [0.2, 0.25) is 0 Å². The van der Waals surface area contributed by atoms with E-state index in [0.29, 0.717) is 0 Å². The van der Waals surface area contributed by atoms with E-state index in [1.54, 1.807) is 0 Å². The van der Waals surface area contributed by atoms with Gasteiger partial charge in [-0.05, 0) is 42.5 Å². The quantitative estimate of drug-likeness (QED) is 0.360. The topological polar surface area (TPSA) is 96.4 Å². The average molecular weight is 494 g/mol. The number of rotatable bonds is 8. The zero-order valence-corrected chi connectivity index (χ0v) is 19.1. The number of hydrogen-bond donors (Lipinski definition) is 1. The molecule has 0 aliphatic carbocycles. The monoisotopic (exact) mass is 493 g/mol. The molecule has 0 bridgehead atoms. The minimum Gasteiger partial charge on any atom is -0.298 e. The Morgan fingerprint density at radius 3 is 2.53 bits per heavy atom. The molecule has 0 atom stereocenters. The lowest BCUT2D eigenvalue weighted by Crippen LogP contribution is -2.31. The summed E-state index contributed by atoms with van der Waals surface area (Å²) in [6, 6.07) is 8.71. The number of sulfonamides is 1. The van der Waals surface area contributed by atoms with Crippen LogP contribution in [-0.4, -0.2) is 31.6 Å². The van der Waals surface area contributed by atoms with E-state index in [0.717, 1.165) is 33.8 Å². The molecule has 1 heterocycles. The fourth-order valence-electron chi connectivity index (χ4n) is 2.69. The number of amides is 1. The average Bonchev–Trinajstić information content (AvgIpc) is 3.21. The van der Waals surface area contributed by atoms with Crippen LogP contribution in [0.1, 0.15) is 27.8 Å². The molecule has 3 aromatic rings. The van der Waals surface area contributed by atoms with Crippen molar-refractivity contribution in [2.24, 2.45) is 0 Å². The molecule has 2 aromatic carbocycles. The number of hydrogen-bond acceptors (Lipinski definition) is 6. The Labute approximate surface area is 193 Å². The molecule has 32 heavy (non-hydrogen) atoms. The minimum absolute atomic E-state index is 0.0187. The van der Waals surface area contributed by atoms with Crippen molar-refractivity contribution >= 4 is 55.5 Å². The van der Waals surface area contributed by atoms with Crippen molar-refractivity contribution in [3.8, 4) is 0 Å². The Bertz CT molecular complexity index is 1290. The number of Topliss-reactive ketones (excluding diaryl/α,β-unsaturated/α-hetero) is 1. The van der Waals surface area contributed by atoms with Gasteiger partial charge in [-0.1, -0.05) is 17.7 Å². The maximum Gasteiger partial charge on any atom is 0.266 e. The maximum atomic E-state index is 13.4. The van der Waals surface area contributed by atoms with Crippen LogP contribution in [0, 0.1) is 5.82 Å². The lowest BCUT2D eigenvalue weighted by molar-refractivity contribution is 0.100. The summed E-state index contributed by atoms with van der Waals surface area (Å²) in [5.74, 6) is -1.39. The second kappa shape index (κ2) is 9.60. The van der Waals surface area contributed by atoms with Gasteiger partial charge >= 0.3 is 0 Å². The molecule has 0 saturated carbocycles. The number of ketones is 1. The van der Waals surface area contributed by atoms with Gasteiger partial charge in [-0.25, -0.2) is 17.8 Å². The molecule has 0 fully saturated rings. The van der Waals surface area contributed by atoms with Crippen molar-refractivity contribution in [2.75, 3.05) is 16.2 Å². The number of nitrogens with zero attached hydrogens (tertiary/aromatic N) is 2. The number of carbonyl (C=O) groups is 2. The fraction of sp³-hybridized carbons (Fsp3) is 0.0952. The van der Waals surface area contributed by atoms with Gasteiger partial charge in [0.1, 0.15) is 16.4 Å². The molecule has 3 rings (SSSR count). The SMILES string of the molecule is C=CCN(c1ccc(F)cc1)S(=O)(=O)c1cc(C(=O)Nc2nc(C(C)=O)cs2)ccc1Cl. The first-order valence-electron chi connectivity index (χ1n) is 9.10. The molecule has 1 N–H and O–H groups in total. The Morgan fingerprint density at radius 1 is 1.25 bits per heavy atom. The van der Waals surface area contributed by atoms with Gasteiger partial charge in [0.15, 0.2) is 10.9 Å². The van der Waals surface area contributed by atoms with Crippen LogP contribution in [-0.2, 0) is 10.0 Å². The minimum atomic E-state index is -4.23. The van der Waals surface area contributed by atoms with E-state index in [-0.39, 0.29) is 44.3 Å². The molecule has 11 heteroatoms. The molecule has 0 radical (unpaired) electrons. The smallest absolute Gasteiger partial charge is 0.266 e. The summed E-state index contributed by atoms with van der Waals surface area (Å²) in [6.45, 7) is 4.82. The van der Waals surface area contributed by atoms with E-state index < -0.39 is 21.7 Å². The molecule has 0 saturated heterocycles. The van der Waals surface area contributed by atoms with Crippen molar-refractivity contribution in [1.29, 1.82) is 0 Å². The summed E-state index contributed by atoms with van der Waals surface area (Å²) in [7, 11) is -4.23. The van der Waals surface area contributed by atoms with Crippen molar-refractivity contribution in [1.82, 2.24) is 4.98 Å². The summed E-state index contributed by atoms with van der Waals surface area (Å²) in [4.78, 5) is 27.7. The normalized spacial score (nSPS) is 11.1. The largest absolute Gasteiger partial charge is 0.298 e. The van der Waals surface area contributed by atoms with Crippen molar-refractivity contribution in [3.63, 3.8) is 0 Å². The Kier molecular flexibility index (Phi) is 7.07. The first-order valence-corrected chi connectivity index (χ1v) is 11.8. The summed E-state index contributed by atoms with van der Waals surface area (Å²) < 4.78 is 41.0. The molecule has 1 aromatic heterocycles. The van der Waals surface area contributed by atoms with Crippen LogP contribution in [0.15, 0.2) is 65.4 Å². The number of nitrogens with one attached hydrogen (secondary N) is 1. The summed E-state index contributed by atoms with van der Waals surface area (Å²) in [5.41, 5.74) is 0.436. The van der Waals surface area contributed by atoms with E-state index in [4.69, 9.17) is 11.6 Å². The predicted molar refractivity (Wildman–Crippen MR) is 123 cm³/mol. The van der Waals surface area contributed by atoms with Gasteiger partial charge in [-0.15, -0.1) is 17.9 Å². The summed E-state index contributed by atoms with van der Waals surface area (Å²) in [6.07, 6.45) is 1.38. The van der Waals surface area contributed by atoms with Gasteiger partial charge in [-0.2, -0.15) is 0 Å². The molecule has 1 amide bonds. The van der Waals surface area contributed by atoms with Crippen LogP contribution in [0.4, 0.5) is 15.2 Å². The highest BCUT2D eigenvalue weighted by Gasteiger charge is 2.28. The highest BCUT2D eigenvalue weighted by atomic mass is 35.5. The van der Waals surface area contributed by atoms with Crippen LogP contribution in [0.2, 0.25) is 5.02 Å². The lowest BCUT2D eigenvalue weighted by atomic mass is 10.2. The molecule has 0 aliphatic rings. The van der Waals surface area contributed by atoms with E-state index in [1.165, 1.54) is 42.6 Å². The van der Waals surface area contributed by atoms with Crippen molar-refractivity contribution < 1.29 is 22.4 Å². The van der Waals surface area contributed by atoms with Crippen LogP contribution in [0.5, 0.6) is 0 Å². The molecular weight excluding hydrogens is 477 g/mol. The zero-order chi connectivity index (χ0) is 23.5. The second-order valence-electron chi connectivity index (χ2n) is 6.49. The lowest BCUT2D eigenvalue weighted by Gasteiger charge is -2.24. The van der Waals surface area contributed by atoms with Crippen LogP contribution in [0.25, 0.3) is 0 Å². The van der Waals surface area contributed by atoms with Crippen LogP contribution >= 0.6 is 22.9 Å². The number of benzene rings is 2. The zero-order valence-electron chi connectivity index (χ0n) is 16.7. The first kappa shape index (κ1) is 23.6. The van der Waals surface area contributed by atoms with Gasteiger partial charge in [-0.3, -0.25) is 19.2 Å². The number of carbonyl (C=O) groups excluding carboxylic acids is 2. The number of halogens is 2. The van der Waals surface area contributed by atoms with Crippen LogP contribution in [0.3, 0.4) is 0 Å². The second-order valence-corrected chi connectivity index (χ2v) is 9.59. The molecule has 166 valence electrons. The van der Waals surface area contributed by atoms with Crippen molar-refractivity contribution in [3.05, 3.63) is 82.6 Å². The van der Waals surface area contributed by atoms with Crippen molar-refractivity contribution in [2.45, 2.75) is 11.8 Å². The van der Waals surface area contributed by atoms with E-state index >= 15 is 0 Å². The standard InChI is InChI=1S/C21H17ClFN3O4S2/c1-3-10-26(16-7-5-15(23)6-8-16)32(29,30)19-11-14(4-9-17(19)22)20(28)25-21-24-18(12-31-21)13(2)27/h3-9,11-12H,1,10H2,2H3,(H,24,25,28). The Hall–Kier alpha value is -3.08. The number of anilines is 2. The van der Waals surface area contributed by atoms with Gasteiger partial charge in [0, 0.05) is 17.9 Å². The number of aromatic nitrogens is 1. The molecule has 0 unspecified atom stereocenters. The van der Waals surface area contributed by atoms with E-state index in [1.807, 2.05) is 0 Å². The van der Waals surface area contributed by atoms with Gasteiger partial charge in [0.05, 0.1) is 17.3 Å². The van der Waals surface area contributed by atoms with Gasteiger partial charge < -0.3 is 0 Å². The van der Waals surface area contributed by atoms with Crippen LogP contribution < -0.4 is 9.62 Å².